The summed E-state index contributed by atoms with van der Waals surface area (Å²) in [6.07, 6.45) is 1.29. The molecule has 10 nitrogen and oxygen atoms in total. The van der Waals surface area contributed by atoms with E-state index in [2.05, 4.69) is 15.0 Å². The van der Waals surface area contributed by atoms with E-state index in [1.165, 1.54) is 4.90 Å². The van der Waals surface area contributed by atoms with Crippen LogP contribution in [0.15, 0.2) is 24.3 Å². The summed E-state index contributed by atoms with van der Waals surface area (Å²) in [7, 11) is 0. The third-order valence-electron chi connectivity index (χ3n) is 4.27. The molecule has 0 N–H and O–H groups in total. The lowest BCUT2D eigenvalue weighted by atomic mass is 10.1. The summed E-state index contributed by atoms with van der Waals surface area (Å²) in [5.41, 5.74) is 0.819. The molecule has 0 aliphatic carbocycles. The van der Waals surface area contributed by atoms with Crippen molar-refractivity contribution < 1.29 is 28.7 Å². The Balaban J connectivity index is 2.35. The van der Waals surface area contributed by atoms with Gasteiger partial charge in [0.2, 0.25) is 7.59 Å². The van der Waals surface area contributed by atoms with E-state index in [9.17, 15) is 19.2 Å². The number of aldehydes is 2. The Morgan fingerprint density at radius 3 is 1.57 bits per heavy atom. The number of rotatable bonds is 12. The molecule has 0 atom stereocenters. The van der Waals surface area contributed by atoms with Crippen LogP contribution in [0, 0.1) is 0 Å². The van der Waals surface area contributed by atoms with Crippen LogP contribution in [-0.4, -0.2) is 65.8 Å². The van der Waals surface area contributed by atoms with Crippen molar-refractivity contribution in [3.63, 3.8) is 0 Å². The number of carbonyl (C=O) groups excluding carboxylic acids is 4. The van der Waals surface area contributed by atoms with Crippen molar-refractivity contribution in [3.05, 3.63) is 35.9 Å². The lowest BCUT2D eigenvalue weighted by molar-refractivity contribution is -0.143. The van der Waals surface area contributed by atoms with Crippen LogP contribution in [0.2, 0.25) is 0 Å². The van der Waals surface area contributed by atoms with E-state index in [0.717, 1.165) is 0 Å². The third kappa shape index (κ3) is 10.4. The standard InChI is InChI=1S/C21H18Cl6N4O6/c22-20(23,24)18-28-17(29-19(30-18)21(25,26)27)13-3-5-14(6-4-13)31(11-15(34)36-9-1-7-32)12-16(35)37-10-2-8-33/h3-8H,1-2,9-12H2. The van der Waals surface area contributed by atoms with Crippen LogP contribution in [-0.2, 0) is 36.2 Å². The topological polar surface area (TPSA) is 129 Å². The largest absolute Gasteiger partial charge is 0.464 e. The first-order chi connectivity index (χ1) is 17.3. The number of hydrogen-bond acceptors (Lipinski definition) is 10. The number of hydrogen-bond donors (Lipinski definition) is 0. The van der Waals surface area contributed by atoms with E-state index in [1.807, 2.05) is 0 Å². The van der Waals surface area contributed by atoms with Gasteiger partial charge in [-0.05, 0) is 24.3 Å². The summed E-state index contributed by atoms with van der Waals surface area (Å²) >= 11 is 35.5. The van der Waals surface area contributed by atoms with Crippen molar-refractivity contribution >= 4 is 99.8 Å². The van der Waals surface area contributed by atoms with Crippen molar-refractivity contribution in [2.45, 2.75) is 20.4 Å². The molecule has 0 bridgehead atoms. The molecule has 2 rings (SSSR count). The van der Waals surface area contributed by atoms with Gasteiger partial charge in [0.1, 0.15) is 25.7 Å². The third-order valence-corrected chi connectivity index (χ3v) is 5.28. The van der Waals surface area contributed by atoms with Gasteiger partial charge in [-0.15, -0.1) is 0 Å². The normalized spacial score (nSPS) is 11.5. The molecule has 0 aliphatic heterocycles. The average Bonchev–Trinajstić information content (AvgIpc) is 2.83. The highest BCUT2D eigenvalue weighted by Gasteiger charge is 2.34. The van der Waals surface area contributed by atoms with E-state index in [4.69, 9.17) is 79.1 Å². The second-order valence-electron chi connectivity index (χ2n) is 7.06. The van der Waals surface area contributed by atoms with Crippen LogP contribution in [0.1, 0.15) is 24.5 Å². The molecule has 16 heteroatoms. The summed E-state index contributed by atoms with van der Waals surface area (Å²) in [5, 5.41) is 0. The first-order valence-electron chi connectivity index (χ1n) is 10.3. The number of nitrogens with zero attached hydrogens (tertiary/aromatic N) is 4. The molecule has 0 unspecified atom stereocenters. The molecule has 2 aromatic rings. The van der Waals surface area contributed by atoms with E-state index >= 15 is 0 Å². The van der Waals surface area contributed by atoms with E-state index in [0.29, 0.717) is 23.8 Å². The van der Waals surface area contributed by atoms with Gasteiger partial charge in [0.15, 0.2) is 17.5 Å². The highest BCUT2D eigenvalue weighted by molar-refractivity contribution is 6.67. The van der Waals surface area contributed by atoms with Gasteiger partial charge >= 0.3 is 11.9 Å². The zero-order valence-corrected chi connectivity index (χ0v) is 23.2. The Bertz CT molecular complexity index is 1050. The SMILES string of the molecule is O=CCCOC(=O)CN(CC(=O)OCCC=O)c1ccc(-c2nc(C(Cl)(Cl)Cl)nc(C(Cl)(Cl)Cl)n2)cc1. The van der Waals surface area contributed by atoms with Gasteiger partial charge in [0, 0.05) is 24.1 Å². The second-order valence-corrected chi connectivity index (χ2v) is 11.6. The van der Waals surface area contributed by atoms with Gasteiger partial charge in [-0.2, -0.15) is 0 Å². The maximum Gasteiger partial charge on any atom is 0.325 e. The maximum absolute atomic E-state index is 12.2. The molecule has 37 heavy (non-hydrogen) atoms. The van der Waals surface area contributed by atoms with Crippen LogP contribution < -0.4 is 4.90 Å². The highest BCUT2D eigenvalue weighted by atomic mass is 35.6. The van der Waals surface area contributed by atoms with Gasteiger partial charge in [0.05, 0.1) is 13.2 Å². The zero-order valence-electron chi connectivity index (χ0n) is 18.7. The fourth-order valence-electron chi connectivity index (χ4n) is 2.66. The lowest BCUT2D eigenvalue weighted by Gasteiger charge is -2.23. The van der Waals surface area contributed by atoms with Crippen molar-refractivity contribution in [3.8, 4) is 11.4 Å². The molecule has 1 aromatic carbocycles. The molecular weight excluding hydrogens is 617 g/mol. The fourth-order valence-corrected chi connectivity index (χ4v) is 3.17. The average molecular weight is 635 g/mol. The predicted octanol–water partition coefficient (Wildman–Crippen LogP) is 4.26. The minimum atomic E-state index is -2.03. The fraction of sp³-hybridized carbons (Fsp3) is 0.381. The minimum absolute atomic E-state index is 0.0253. The van der Waals surface area contributed by atoms with Gasteiger partial charge in [-0.25, -0.2) is 15.0 Å². The van der Waals surface area contributed by atoms with E-state index < -0.39 is 19.5 Å². The van der Waals surface area contributed by atoms with Crippen molar-refractivity contribution in [1.82, 2.24) is 15.0 Å². The van der Waals surface area contributed by atoms with Crippen molar-refractivity contribution in [1.29, 1.82) is 0 Å². The molecule has 1 aromatic heterocycles. The summed E-state index contributed by atoms with van der Waals surface area (Å²) in [4.78, 5) is 58.9. The Morgan fingerprint density at radius 1 is 0.757 bits per heavy atom. The van der Waals surface area contributed by atoms with Gasteiger partial charge < -0.3 is 24.0 Å². The quantitative estimate of drug-likeness (QED) is 0.145. The molecule has 0 saturated heterocycles. The molecule has 0 spiro atoms. The van der Waals surface area contributed by atoms with Crippen LogP contribution in [0.4, 0.5) is 5.69 Å². The Labute approximate surface area is 241 Å². The summed E-state index contributed by atoms with van der Waals surface area (Å²) < 4.78 is 5.90. The minimum Gasteiger partial charge on any atom is -0.464 e. The molecule has 200 valence electrons. The van der Waals surface area contributed by atoms with Gasteiger partial charge in [-0.1, -0.05) is 69.6 Å². The summed E-state index contributed by atoms with van der Waals surface area (Å²) in [6.45, 7) is -0.867. The summed E-state index contributed by atoms with van der Waals surface area (Å²) in [5.74, 6) is -1.87. The Morgan fingerprint density at radius 2 is 1.19 bits per heavy atom. The number of halogens is 6. The van der Waals surface area contributed by atoms with E-state index in [1.54, 1.807) is 24.3 Å². The first-order valence-corrected chi connectivity index (χ1v) is 12.6. The van der Waals surface area contributed by atoms with Crippen LogP contribution in [0.5, 0.6) is 0 Å². The van der Waals surface area contributed by atoms with E-state index in [-0.39, 0.29) is 56.6 Å². The number of aromatic nitrogens is 3. The molecule has 0 amide bonds. The van der Waals surface area contributed by atoms with Crippen molar-refractivity contribution in [2.75, 3.05) is 31.2 Å². The zero-order chi connectivity index (χ0) is 27.6. The predicted molar refractivity (Wildman–Crippen MR) is 139 cm³/mol. The lowest BCUT2D eigenvalue weighted by Crippen LogP contribution is -2.36. The molecule has 0 aliphatic rings. The van der Waals surface area contributed by atoms with Gasteiger partial charge in [0.25, 0.3) is 0 Å². The van der Waals surface area contributed by atoms with Crippen LogP contribution in [0.3, 0.4) is 0 Å². The number of ether oxygens (including phenoxy) is 2. The number of carbonyl (C=O) groups is 4. The number of anilines is 1. The maximum atomic E-state index is 12.2. The smallest absolute Gasteiger partial charge is 0.325 e. The second kappa shape index (κ2) is 14.3. The first kappa shape index (κ1) is 31.3. The molecule has 0 fully saturated rings. The van der Waals surface area contributed by atoms with Crippen LogP contribution >= 0.6 is 69.6 Å². The Hall–Kier alpha value is -1.95. The molecule has 0 saturated carbocycles. The summed E-state index contributed by atoms with van der Waals surface area (Å²) in [6, 6.07) is 6.22. The molecule has 0 radical (unpaired) electrons. The highest BCUT2D eigenvalue weighted by Crippen LogP contribution is 2.40. The van der Waals surface area contributed by atoms with Gasteiger partial charge in [-0.3, -0.25) is 9.59 Å². The van der Waals surface area contributed by atoms with Crippen molar-refractivity contribution in [2.24, 2.45) is 0 Å². The molecule has 1 heterocycles. The number of esters is 2. The molecular formula is C21H18Cl6N4O6. The Kier molecular flexibility index (Phi) is 12.1. The number of benzene rings is 1. The monoisotopic (exact) mass is 632 g/mol. The van der Waals surface area contributed by atoms with Crippen LogP contribution in [0.25, 0.3) is 11.4 Å². The number of alkyl halides is 6.